The van der Waals surface area contributed by atoms with Gasteiger partial charge in [-0.3, -0.25) is 14.5 Å². The number of para-hydroxylation sites is 2. The van der Waals surface area contributed by atoms with Crippen LogP contribution >= 0.6 is 23.2 Å². The molecule has 0 saturated heterocycles. The van der Waals surface area contributed by atoms with Gasteiger partial charge in [0, 0.05) is 0 Å². The lowest BCUT2D eigenvalue weighted by molar-refractivity contribution is -0.119. The maximum Gasteiger partial charge on any atom is 0.238 e. The van der Waals surface area contributed by atoms with Crippen LogP contribution in [0.3, 0.4) is 0 Å². The van der Waals surface area contributed by atoms with E-state index in [9.17, 15) is 18.4 Å². The summed E-state index contributed by atoms with van der Waals surface area (Å²) in [6.07, 6.45) is 0. The molecule has 138 valence electrons. The Bertz CT molecular complexity index is 726. The van der Waals surface area contributed by atoms with Gasteiger partial charge in [0.1, 0.15) is 17.3 Å². The van der Waals surface area contributed by atoms with Crippen molar-refractivity contribution in [1.82, 2.24) is 4.90 Å². The van der Waals surface area contributed by atoms with Gasteiger partial charge < -0.3 is 10.6 Å². The lowest BCUT2D eigenvalue weighted by Gasteiger charge is -2.17. The van der Waals surface area contributed by atoms with Crippen LogP contribution in [0.5, 0.6) is 0 Å². The molecular formula is C17H15Cl2F2N3O2. The summed E-state index contributed by atoms with van der Waals surface area (Å²) in [6.45, 7) is -0.411. The molecule has 2 rings (SSSR count). The number of benzene rings is 2. The molecule has 0 aromatic heterocycles. The molecule has 0 radical (unpaired) electrons. The molecule has 26 heavy (non-hydrogen) atoms. The third kappa shape index (κ3) is 5.39. The Labute approximate surface area is 158 Å². The van der Waals surface area contributed by atoms with Crippen molar-refractivity contribution in [1.29, 1.82) is 0 Å². The van der Waals surface area contributed by atoms with E-state index in [2.05, 4.69) is 10.6 Å². The van der Waals surface area contributed by atoms with Crippen molar-refractivity contribution in [2.45, 2.75) is 0 Å². The molecule has 2 aromatic carbocycles. The van der Waals surface area contributed by atoms with Gasteiger partial charge in [-0.1, -0.05) is 35.3 Å². The first-order valence-corrected chi connectivity index (χ1v) is 8.19. The lowest BCUT2D eigenvalue weighted by atomic mass is 10.3. The molecule has 5 nitrogen and oxygen atoms in total. The standard InChI is InChI=1S/C17H15Cl2F2N3O2/c1-24(8-14(25)22-16-10(18)4-2-5-11(16)19)9-15(26)23-17-12(20)6-3-7-13(17)21/h2-7H,8-9H2,1H3,(H,22,25)(H,23,26). The van der Waals surface area contributed by atoms with Gasteiger partial charge in [-0.25, -0.2) is 8.78 Å². The minimum Gasteiger partial charge on any atom is -0.322 e. The fourth-order valence-corrected chi connectivity index (χ4v) is 2.63. The molecule has 0 unspecified atom stereocenters. The summed E-state index contributed by atoms with van der Waals surface area (Å²) in [5.41, 5.74) is -0.259. The summed E-state index contributed by atoms with van der Waals surface area (Å²) in [7, 11) is 1.51. The van der Waals surface area contributed by atoms with Crippen molar-refractivity contribution in [2.24, 2.45) is 0 Å². The summed E-state index contributed by atoms with van der Waals surface area (Å²) >= 11 is 11.9. The van der Waals surface area contributed by atoms with Crippen molar-refractivity contribution >= 4 is 46.4 Å². The second-order valence-electron chi connectivity index (χ2n) is 5.46. The number of anilines is 2. The van der Waals surface area contributed by atoms with E-state index in [0.29, 0.717) is 0 Å². The largest absolute Gasteiger partial charge is 0.322 e. The molecule has 0 bridgehead atoms. The molecule has 0 saturated carbocycles. The van der Waals surface area contributed by atoms with E-state index in [-0.39, 0.29) is 28.8 Å². The highest BCUT2D eigenvalue weighted by Gasteiger charge is 2.16. The Morgan fingerprint density at radius 2 is 1.31 bits per heavy atom. The maximum absolute atomic E-state index is 13.5. The van der Waals surface area contributed by atoms with E-state index in [0.717, 1.165) is 12.1 Å². The topological polar surface area (TPSA) is 61.4 Å². The third-order valence-electron chi connectivity index (χ3n) is 3.28. The van der Waals surface area contributed by atoms with Gasteiger partial charge in [-0.05, 0) is 31.3 Å². The van der Waals surface area contributed by atoms with Gasteiger partial charge in [0.15, 0.2) is 0 Å². The van der Waals surface area contributed by atoms with Crippen LogP contribution < -0.4 is 10.6 Å². The highest BCUT2D eigenvalue weighted by atomic mass is 35.5. The number of nitrogens with zero attached hydrogens (tertiary/aromatic N) is 1. The van der Waals surface area contributed by atoms with Crippen molar-refractivity contribution in [3.05, 3.63) is 58.1 Å². The van der Waals surface area contributed by atoms with Crippen LogP contribution in [-0.4, -0.2) is 36.9 Å². The van der Waals surface area contributed by atoms with Crippen molar-refractivity contribution in [3.63, 3.8) is 0 Å². The van der Waals surface area contributed by atoms with Crippen LogP contribution in [0.15, 0.2) is 36.4 Å². The fourth-order valence-electron chi connectivity index (χ4n) is 2.14. The second-order valence-corrected chi connectivity index (χ2v) is 6.28. The van der Waals surface area contributed by atoms with Crippen molar-refractivity contribution in [3.8, 4) is 0 Å². The van der Waals surface area contributed by atoms with Gasteiger partial charge in [0.25, 0.3) is 0 Å². The first kappa shape index (κ1) is 20.1. The summed E-state index contributed by atoms with van der Waals surface area (Å²) in [5.74, 6) is -2.88. The summed E-state index contributed by atoms with van der Waals surface area (Å²) in [5, 5.41) is 5.26. The summed E-state index contributed by atoms with van der Waals surface area (Å²) in [4.78, 5) is 25.3. The van der Waals surface area contributed by atoms with E-state index in [1.807, 2.05) is 0 Å². The number of likely N-dealkylation sites (N-methyl/N-ethyl adjacent to an activating group) is 1. The van der Waals surface area contributed by atoms with E-state index in [4.69, 9.17) is 23.2 Å². The molecule has 2 N–H and O–H groups in total. The first-order valence-electron chi connectivity index (χ1n) is 7.44. The predicted molar refractivity (Wildman–Crippen MR) is 97.6 cm³/mol. The summed E-state index contributed by atoms with van der Waals surface area (Å²) in [6, 6.07) is 8.04. The van der Waals surface area contributed by atoms with Crippen LogP contribution in [0.1, 0.15) is 0 Å². The average molecular weight is 402 g/mol. The Balaban J connectivity index is 1.90. The van der Waals surface area contributed by atoms with Gasteiger partial charge in [0.2, 0.25) is 11.8 Å². The van der Waals surface area contributed by atoms with E-state index in [1.54, 1.807) is 18.2 Å². The number of hydrogen-bond donors (Lipinski definition) is 2. The van der Waals surface area contributed by atoms with Crippen LogP contribution in [0.4, 0.5) is 20.2 Å². The molecule has 2 amide bonds. The second kappa shape index (κ2) is 8.93. The van der Waals surface area contributed by atoms with Crippen LogP contribution in [-0.2, 0) is 9.59 Å². The van der Waals surface area contributed by atoms with E-state index < -0.39 is 29.1 Å². The number of amides is 2. The lowest BCUT2D eigenvalue weighted by Crippen LogP contribution is -2.36. The molecule has 0 aliphatic carbocycles. The molecule has 2 aromatic rings. The fraction of sp³-hybridized carbons (Fsp3) is 0.176. The first-order chi connectivity index (χ1) is 12.3. The zero-order chi connectivity index (χ0) is 19.3. The highest BCUT2D eigenvalue weighted by Crippen LogP contribution is 2.29. The Hall–Kier alpha value is -2.22. The van der Waals surface area contributed by atoms with Crippen LogP contribution in [0.2, 0.25) is 10.0 Å². The Kier molecular flexibility index (Phi) is 6.90. The van der Waals surface area contributed by atoms with Gasteiger partial charge in [-0.15, -0.1) is 0 Å². The summed E-state index contributed by atoms with van der Waals surface area (Å²) < 4.78 is 27.0. The van der Waals surface area contributed by atoms with E-state index >= 15 is 0 Å². The van der Waals surface area contributed by atoms with Crippen LogP contribution in [0, 0.1) is 11.6 Å². The maximum atomic E-state index is 13.5. The zero-order valence-corrected chi connectivity index (χ0v) is 15.2. The normalized spacial score (nSPS) is 10.7. The van der Waals surface area contributed by atoms with Gasteiger partial charge in [0.05, 0.1) is 28.8 Å². The van der Waals surface area contributed by atoms with Crippen LogP contribution in [0.25, 0.3) is 0 Å². The molecule has 0 spiro atoms. The van der Waals surface area contributed by atoms with Crippen molar-refractivity contribution in [2.75, 3.05) is 30.8 Å². The quantitative estimate of drug-likeness (QED) is 0.773. The Morgan fingerprint density at radius 1 is 0.885 bits per heavy atom. The zero-order valence-electron chi connectivity index (χ0n) is 13.7. The number of nitrogens with one attached hydrogen (secondary N) is 2. The Morgan fingerprint density at radius 3 is 1.81 bits per heavy atom. The molecule has 0 fully saturated rings. The van der Waals surface area contributed by atoms with Gasteiger partial charge >= 0.3 is 0 Å². The smallest absolute Gasteiger partial charge is 0.238 e. The molecule has 0 heterocycles. The highest BCUT2D eigenvalue weighted by molar-refractivity contribution is 6.39. The number of rotatable bonds is 6. The number of halogens is 4. The molecule has 0 aliphatic heterocycles. The number of hydrogen-bond acceptors (Lipinski definition) is 3. The molecular weight excluding hydrogens is 387 g/mol. The monoisotopic (exact) mass is 401 g/mol. The molecule has 0 aliphatic rings. The minimum atomic E-state index is -0.882. The van der Waals surface area contributed by atoms with Crippen molar-refractivity contribution < 1.29 is 18.4 Å². The number of carbonyl (C=O) groups excluding carboxylic acids is 2. The minimum absolute atomic E-state index is 0.158. The predicted octanol–water partition coefficient (Wildman–Crippen LogP) is 3.78. The SMILES string of the molecule is CN(CC(=O)Nc1c(F)cccc1F)CC(=O)Nc1c(Cl)cccc1Cl. The molecule has 0 atom stereocenters. The van der Waals surface area contributed by atoms with Gasteiger partial charge in [-0.2, -0.15) is 0 Å². The average Bonchev–Trinajstić information content (AvgIpc) is 2.54. The molecule has 9 heteroatoms. The third-order valence-corrected chi connectivity index (χ3v) is 3.91. The van der Waals surface area contributed by atoms with E-state index in [1.165, 1.54) is 18.0 Å². The number of carbonyl (C=O) groups is 2.